The molecule has 1 atom stereocenters. The summed E-state index contributed by atoms with van der Waals surface area (Å²) in [6.45, 7) is 0. The molecular weight excluding hydrogens is 470 g/mol. The minimum absolute atomic E-state index is 0.0560. The molecule has 0 radical (unpaired) electrons. The van der Waals surface area contributed by atoms with E-state index in [0.717, 1.165) is 16.7 Å². The number of aromatic nitrogens is 2. The summed E-state index contributed by atoms with van der Waals surface area (Å²) < 4.78 is 4.84. The number of rotatable bonds is 9. The van der Waals surface area contributed by atoms with Gasteiger partial charge in [-0.2, -0.15) is 0 Å². The number of carbonyl (C=O) groups excluding carboxylic acids is 2. The number of ether oxygens (including phenoxy) is 1. The molecule has 0 saturated carbocycles. The van der Waals surface area contributed by atoms with Crippen LogP contribution in [0.3, 0.4) is 0 Å². The van der Waals surface area contributed by atoms with E-state index in [0.29, 0.717) is 23.4 Å². The number of nitrogens with one attached hydrogen (secondary N) is 3. The van der Waals surface area contributed by atoms with Crippen LogP contribution in [0.4, 0.5) is 16.2 Å². The van der Waals surface area contributed by atoms with Crippen LogP contribution in [-0.2, 0) is 11.2 Å². The lowest BCUT2D eigenvalue weighted by Crippen LogP contribution is -2.36. The highest BCUT2D eigenvalue weighted by molar-refractivity contribution is 5.98. The smallest absolute Gasteiger partial charge is 0.391 e. The Morgan fingerprint density at radius 1 is 0.919 bits per heavy atom. The van der Waals surface area contributed by atoms with Crippen LogP contribution in [0.25, 0.3) is 11.1 Å². The molecule has 0 fully saturated rings. The third kappa shape index (κ3) is 6.89. The van der Waals surface area contributed by atoms with E-state index in [-0.39, 0.29) is 17.6 Å². The van der Waals surface area contributed by atoms with Crippen molar-refractivity contribution in [3.05, 3.63) is 103 Å². The number of nitrogens with zero attached hydrogens (tertiary/aromatic N) is 2. The van der Waals surface area contributed by atoms with Gasteiger partial charge in [-0.15, -0.1) is 0 Å². The summed E-state index contributed by atoms with van der Waals surface area (Å²) in [6, 6.07) is 20.7. The Labute approximate surface area is 213 Å². The molecule has 10 heteroatoms. The highest BCUT2D eigenvalue weighted by atomic mass is 16.6. The number of primary amides is 1. The van der Waals surface area contributed by atoms with Crippen LogP contribution in [0, 0.1) is 5.41 Å². The van der Waals surface area contributed by atoms with Gasteiger partial charge >= 0.3 is 6.09 Å². The molecular formula is C27H25N7O3. The van der Waals surface area contributed by atoms with Crippen LogP contribution in [0.2, 0.25) is 0 Å². The molecule has 4 aromatic rings. The Balaban J connectivity index is 1.51. The molecule has 37 heavy (non-hydrogen) atoms. The number of nitrogen functional groups attached to an aromatic ring is 1. The molecule has 2 aromatic heterocycles. The summed E-state index contributed by atoms with van der Waals surface area (Å²) in [6.07, 6.45) is 4.36. The molecule has 0 bridgehead atoms. The highest BCUT2D eigenvalue weighted by Gasteiger charge is 2.20. The Morgan fingerprint density at radius 3 is 2.43 bits per heavy atom. The first-order chi connectivity index (χ1) is 17.9. The van der Waals surface area contributed by atoms with Gasteiger partial charge in [0.25, 0.3) is 0 Å². The van der Waals surface area contributed by atoms with Gasteiger partial charge in [-0.3, -0.25) is 15.2 Å². The number of hydrogen-bond acceptors (Lipinski definition) is 7. The summed E-state index contributed by atoms with van der Waals surface area (Å²) in [4.78, 5) is 32.4. The summed E-state index contributed by atoms with van der Waals surface area (Å²) >= 11 is 0. The van der Waals surface area contributed by atoms with E-state index in [2.05, 4.69) is 20.6 Å². The van der Waals surface area contributed by atoms with E-state index >= 15 is 0 Å². The molecule has 10 nitrogen and oxygen atoms in total. The van der Waals surface area contributed by atoms with Crippen molar-refractivity contribution >= 4 is 29.2 Å². The molecule has 0 saturated heterocycles. The fraction of sp³-hybridized carbons (Fsp3) is 0.0741. The zero-order valence-corrected chi connectivity index (χ0v) is 19.7. The van der Waals surface area contributed by atoms with Crippen LogP contribution in [0.5, 0.6) is 5.88 Å². The third-order valence-corrected chi connectivity index (χ3v) is 5.42. The van der Waals surface area contributed by atoms with E-state index in [1.54, 1.807) is 54.9 Å². The average Bonchev–Trinajstić information content (AvgIpc) is 2.89. The number of carbonyl (C=O) groups is 2. The highest BCUT2D eigenvalue weighted by Crippen LogP contribution is 2.24. The topological polar surface area (TPSA) is 169 Å². The fourth-order valence-corrected chi connectivity index (χ4v) is 3.66. The Hall–Kier alpha value is -5.25. The molecule has 2 aromatic carbocycles. The molecule has 7 N–H and O–H groups in total. The minimum Gasteiger partial charge on any atom is -0.391 e. The summed E-state index contributed by atoms with van der Waals surface area (Å²) in [5, 5.41) is 13.9. The minimum atomic E-state index is -0.940. The van der Waals surface area contributed by atoms with E-state index in [1.165, 1.54) is 6.20 Å². The largest absolute Gasteiger partial charge is 0.411 e. The molecule has 0 spiro atoms. The predicted octanol–water partition coefficient (Wildman–Crippen LogP) is 3.55. The second-order valence-electron chi connectivity index (χ2n) is 8.13. The lowest BCUT2D eigenvalue weighted by atomic mass is 10.0. The number of nitrogens with two attached hydrogens (primary N) is 2. The second kappa shape index (κ2) is 11.5. The number of anilines is 2. The van der Waals surface area contributed by atoms with Gasteiger partial charge in [0.15, 0.2) is 0 Å². The van der Waals surface area contributed by atoms with Gasteiger partial charge < -0.3 is 26.8 Å². The van der Waals surface area contributed by atoms with Crippen LogP contribution >= 0.6 is 0 Å². The van der Waals surface area contributed by atoms with E-state index < -0.39 is 12.1 Å². The van der Waals surface area contributed by atoms with Gasteiger partial charge in [0.1, 0.15) is 11.9 Å². The molecule has 0 aliphatic rings. The van der Waals surface area contributed by atoms with Crippen molar-refractivity contribution in [2.24, 2.45) is 11.5 Å². The number of pyridine rings is 2. The molecule has 0 aliphatic carbocycles. The first-order valence-electron chi connectivity index (χ1n) is 11.3. The Kier molecular flexibility index (Phi) is 7.69. The van der Waals surface area contributed by atoms with E-state index in [4.69, 9.17) is 21.6 Å². The first kappa shape index (κ1) is 24.9. The van der Waals surface area contributed by atoms with Crippen LogP contribution in [-0.4, -0.2) is 33.8 Å². The van der Waals surface area contributed by atoms with Crippen LogP contribution < -0.4 is 26.8 Å². The molecule has 2 heterocycles. The lowest BCUT2D eigenvalue weighted by molar-refractivity contribution is -0.116. The van der Waals surface area contributed by atoms with Gasteiger partial charge in [-0.05, 0) is 53.1 Å². The normalized spacial score (nSPS) is 11.2. The maximum absolute atomic E-state index is 13.3. The van der Waals surface area contributed by atoms with Crippen molar-refractivity contribution in [3.8, 4) is 17.0 Å². The van der Waals surface area contributed by atoms with Gasteiger partial charge in [-0.25, -0.2) is 9.78 Å². The predicted molar refractivity (Wildman–Crippen MR) is 141 cm³/mol. The van der Waals surface area contributed by atoms with Crippen molar-refractivity contribution in [2.75, 3.05) is 10.6 Å². The lowest BCUT2D eigenvalue weighted by Gasteiger charge is -2.20. The second-order valence-corrected chi connectivity index (χ2v) is 8.13. The maximum atomic E-state index is 13.3. The average molecular weight is 496 g/mol. The number of hydrogen-bond donors (Lipinski definition) is 5. The standard InChI is InChI=1S/C27H25N7O3/c28-25(29)20-4-1-5-22(14-20)33-23(13-17-3-2-11-31-16-17)26(35)34-21-8-6-18(7-9-21)19-10-12-32-24(15-19)37-27(30)36/h1-12,14-16,23,33H,13H2,(H3,28,29)(H2,30,36)(H,34,35)/t23-/m0/s1. The van der Waals surface area contributed by atoms with Crippen molar-refractivity contribution in [3.63, 3.8) is 0 Å². The van der Waals surface area contributed by atoms with E-state index in [9.17, 15) is 9.59 Å². The summed E-state index contributed by atoms with van der Waals surface area (Å²) in [7, 11) is 0. The third-order valence-electron chi connectivity index (χ3n) is 5.42. The van der Waals surface area contributed by atoms with Gasteiger partial charge in [0.2, 0.25) is 11.8 Å². The molecule has 0 unspecified atom stereocenters. The van der Waals surface area contributed by atoms with Crippen molar-refractivity contribution in [1.29, 1.82) is 5.41 Å². The van der Waals surface area contributed by atoms with Crippen LogP contribution in [0.1, 0.15) is 11.1 Å². The number of amides is 2. The monoisotopic (exact) mass is 495 g/mol. The van der Waals surface area contributed by atoms with Crippen molar-refractivity contribution in [1.82, 2.24) is 9.97 Å². The summed E-state index contributed by atoms with van der Waals surface area (Å²) in [5.74, 6) is -0.203. The Bertz CT molecular complexity index is 1410. The quantitative estimate of drug-likeness (QED) is 0.175. The molecule has 0 aliphatic heterocycles. The SMILES string of the molecule is N=C(N)c1cccc(N[C@@H](Cc2cccnc2)C(=O)Nc2ccc(-c3ccnc(OC(N)=O)c3)cc2)c1. The van der Waals surface area contributed by atoms with Crippen molar-refractivity contribution in [2.45, 2.75) is 12.5 Å². The summed E-state index contributed by atoms with van der Waals surface area (Å²) in [5.41, 5.74) is 15.0. The zero-order valence-electron chi connectivity index (χ0n) is 19.7. The maximum Gasteiger partial charge on any atom is 0.411 e. The zero-order chi connectivity index (χ0) is 26.2. The Morgan fingerprint density at radius 2 is 1.73 bits per heavy atom. The first-order valence-corrected chi connectivity index (χ1v) is 11.3. The van der Waals surface area contributed by atoms with Crippen molar-refractivity contribution < 1.29 is 14.3 Å². The molecule has 2 amide bonds. The van der Waals surface area contributed by atoms with Crippen LogP contribution in [0.15, 0.2) is 91.4 Å². The molecule has 4 rings (SSSR count). The number of benzene rings is 2. The number of amidine groups is 1. The van der Waals surface area contributed by atoms with Gasteiger partial charge in [-0.1, -0.05) is 30.3 Å². The van der Waals surface area contributed by atoms with E-state index in [1.807, 2.05) is 30.3 Å². The van der Waals surface area contributed by atoms with Gasteiger partial charge in [0, 0.05) is 48.0 Å². The molecule has 186 valence electrons. The fourth-order valence-electron chi connectivity index (χ4n) is 3.66. The van der Waals surface area contributed by atoms with Gasteiger partial charge in [0.05, 0.1) is 0 Å².